The standard InChI is InChI=1S/C11H20N2O4S/c1-8(2)18(16,17)6-5-13-7-9(14)12-11(3,4)10(13)15/h8H,5-7H2,1-4H3,(H,12,14). The summed E-state index contributed by atoms with van der Waals surface area (Å²) >= 11 is 0. The summed E-state index contributed by atoms with van der Waals surface area (Å²) in [6.07, 6.45) is 0. The molecule has 18 heavy (non-hydrogen) atoms. The van der Waals surface area contributed by atoms with Crippen LogP contribution in [0.3, 0.4) is 0 Å². The average molecular weight is 276 g/mol. The van der Waals surface area contributed by atoms with Crippen LogP contribution in [0.4, 0.5) is 0 Å². The van der Waals surface area contributed by atoms with Crippen LogP contribution in [0.1, 0.15) is 27.7 Å². The quantitative estimate of drug-likeness (QED) is 0.753. The number of carbonyl (C=O) groups is 2. The number of hydrogen-bond acceptors (Lipinski definition) is 4. The van der Waals surface area contributed by atoms with Gasteiger partial charge in [-0.3, -0.25) is 9.59 Å². The van der Waals surface area contributed by atoms with E-state index in [9.17, 15) is 18.0 Å². The van der Waals surface area contributed by atoms with E-state index in [1.54, 1.807) is 27.7 Å². The molecule has 1 N–H and O–H groups in total. The molecule has 1 fully saturated rings. The van der Waals surface area contributed by atoms with Crippen molar-refractivity contribution in [1.29, 1.82) is 0 Å². The fraction of sp³-hybridized carbons (Fsp3) is 0.818. The molecule has 0 spiro atoms. The topological polar surface area (TPSA) is 83.6 Å². The smallest absolute Gasteiger partial charge is 0.248 e. The van der Waals surface area contributed by atoms with Gasteiger partial charge in [-0.1, -0.05) is 0 Å². The Labute approximate surface area is 108 Å². The number of carbonyl (C=O) groups excluding carboxylic acids is 2. The molecule has 0 radical (unpaired) electrons. The average Bonchev–Trinajstić information content (AvgIpc) is 2.20. The van der Waals surface area contributed by atoms with Gasteiger partial charge in [-0.25, -0.2) is 8.42 Å². The molecule has 0 aliphatic carbocycles. The van der Waals surface area contributed by atoms with Gasteiger partial charge in [-0.05, 0) is 27.7 Å². The maximum Gasteiger partial charge on any atom is 0.248 e. The van der Waals surface area contributed by atoms with Crippen LogP contribution in [0.5, 0.6) is 0 Å². The SMILES string of the molecule is CC(C)S(=O)(=O)CCN1CC(=O)NC(C)(C)C1=O. The van der Waals surface area contributed by atoms with Gasteiger partial charge in [-0.2, -0.15) is 0 Å². The Morgan fingerprint density at radius 1 is 1.33 bits per heavy atom. The fourth-order valence-corrected chi connectivity index (χ4v) is 2.68. The van der Waals surface area contributed by atoms with Crippen LogP contribution < -0.4 is 5.32 Å². The number of amides is 2. The highest BCUT2D eigenvalue weighted by atomic mass is 32.2. The second-order valence-corrected chi connectivity index (χ2v) is 7.99. The Morgan fingerprint density at radius 2 is 1.89 bits per heavy atom. The molecule has 2 amide bonds. The Morgan fingerprint density at radius 3 is 2.39 bits per heavy atom. The summed E-state index contributed by atoms with van der Waals surface area (Å²) in [5.74, 6) is -0.623. The third-order valence-electron chi connectivity index (χ3n) is 2.97. The van der Waals surface area contributed by atoms with Crippen LogP contribution in [0.2, 0.25) is 0 Å². The lowest BCUT2D eigenvalue weighted by atomic mass is 10.0. The van der Waals surface area contributed by atoms with E-state index in [0.717, 1.165) is 0 Å². The Balaban J connectivity index is 2.73. The molecule has 1 aliphatic rings. The van der Waals surface area contributed by atoms with E-state index in [2.05, 4.69) is 5.32 Å². The number of piperazine rings is 1. The predicted molar refractivity (Wildman–Crippen MR) is 67.7 cm³/mol. The van der Waals surface area contributed by atoms with Gasteiger partial charge in [0.15, 0.2) is 9.84 Å². The summed E-state index contributed by atoms with van der Waals surface area (Å²) in [5, 5.41) is 2.10. The molecule has 1 heterocycles. The highest BCUT2D eigenvalue weighted by Crippen LogP contribution is 2.13. The van der Waals surface area contributed by atoms with Crippen LogP contribution in [0.15, 0.2) is 0 Å². The van der Waals surface area contributed by atoms with Crippen LogP contribution in [-0.4, -0.2) is 54.8 Å². The molecule has 0 atom stereocenters. The van der Waals surface area contributed by atoms with Gasteiger partial charge in [0.1, 0.15) is 5.54 Å². The molecule has 1 saturated heterocycles. The minimum atomic E-state index is -3.20. The van der Waals surface area contributed by atoms with E-state index in [1.165, 1.54) is 4.90 Å². The Bertz CT molecular complexity index is 454. The monoisotopic (exact) mass is 276 g/mol. The van der Waals surface area contributed by atoms with Gasteiger partial charge < -0.3 is 10.2 Å². The first-order valence-corrected chi connectivity index (χ1v) is 7.60. The van der Waals surface area contributed by atoms with E-state index < -0.39 is 20.6 Å². The van der Waals surface area contributed by atoms with Crippen LogP contribution in [-0.2, 0) is 19.4 Å². The number of hydrogen-bond donors (Lipinski definition) is 1. The first-order chi connectivity index (χ1) is 8.06. The Kier molecular flexibility index (Phi) is 4.05. The van der Waals surface area contributed by atoms with Gasteiger partial charge in [0, 0.05) is 6.54 Å². The molecule has 0 unspecified atom stereocenters. The van der Waals surface area contributed by atoms with Crippen molar-refractivity contribution in [2.45, 2.75) is 38.5 Å². The van der Waals surface area contributed by atoms with E-state index >= 15 is 0 Å². The van der Waals surface area contributed by atoms with Crippen molar-refractivity contribution in [2.75, 3.05) is 18.8 Å². The molecule has 1 rings (SSSR count). The van der Waals surface area contributed by atoms with Gasteiger partial charge in [-0.15, -0.1) is 0 Å². The van der Waals surface area contributed by atoms with E-state index in [0.29, 0.717) is 0 Å². The summed E-state index contributed by atoms with van der Waals surface area (Å²) in [6, 6.07) is 0. The molecule has 0 aromatic rings. The van der Waals surface area contributed by atoms with Gasteiger partial charge in [0.2, 0.25) is 11.8 Å². The molecule has 104 valence electrons. The molecular formula is C11H20N2O4S. The van der Waals surface area contributed by atoms with Crippen molar-refractivity contribution in [3.05, 3.63) is 0 Å². The number of rotatable bonds is 4. The lowest BCUT2D eigenvalue weighted by Crippen LogP contribution is -2.64. The normalized spacial score (nSPS) is 20.2. The van der Waals surface area contributed by atoms with E-state index in [1.807, 2.05) is 0 Å². The van der Waals surface area contributed by atoms with Crippen LogP contribution >= 0.6 is 0 Å². The number of nitrogens with zero attached hydrogens (tertiary/aromatic N) is 1. The molecule has 7 heteroatoms. The van der Waals surface area contributed by atoms with Gasteiger partial charge in [0.25, 0.3) is 0 Å². The zero-order valence-corrected chi connectivity index (χ0v) is 12.0. The van der Waals surface area contributed by atoms with E-state index in [4.69, 9.17) is 0 Å². The molecule has 0 bridgehead atoms. The minimum absolute atomic E-state index is 0.0657. The largest absolute Gasteiger partial charge is 0.341 e. The third kappa shape index (κ3) is 3.22. The summed E-state index contributed by atoms with van der Waals surface area (Å²) < 4.78 is 23.4. The van der Waals surface area contributed by atoms with Crippen molar-refractivity contribution >= 4 is 21.7 Å². The lowest BCUT2D eigenvalue weighted by Gasteiger charge is -2.37. The summed E-state index contributed by atoms with van der Waals surface area (Å²) in [6.45, 7) is 6.41. The first kappa shape index (κ1) is 14.9. The minimum Gasteiger partial charge on any atom is -0.341 e. The summed E-state index contributed by atoms with van der Waals surface area (Å²) in [7, 11) is -3.20. The molecule has 1 aliphatic heterocycles. The molecule has 0 aromatic carbocycles. The van der Waals surface area contributed by atoms with Gasteiger partial charge >= 0.3 is 0 Å². The molecule has 0 saturated carbocycles. The lowest BCUT2D eigenvalue weighted by molar-refractivity contribution is -0.148. The zero-order valence-electron chi connectivity index (χ0n) is 11.2. The van der Waals surface area contributed by atoms with Crippen molar-refractivity contribution in [1.82, 2.24) is 10.2 Å². The second kappa shape index (κ2) is 4.87. The maximum absolute atomic E-state index is 12.0. The summed E-state index contributed by atoms with van der Waals surface area (Å²) in [5.41, 5.74) is -0.961. The highest BCUT2D eigenvalue weighted by molar-refractivity contribution is 7.92. The number of sulfone groups is 1. The van der Waals surface area contributed by atoms with Crippen molar-refractivity contribution < 1.29 is 18.0 Å². The van der Waals surface area contributed by atoms with Crippen molar-refractivity contribution in [3.8, 4) is 0 Å². The molecular weight excluding hydrogens is 256 g/mol. The van der Waals surface area contributed by atoms with Crippen molar-refractivity contribution in [2.24, 2.45) is 0 Å². The van der Waals surface area contributed by atoms with Crippen molar-refractivity contribution in [3.63, 3.8) is 0 Å². The Hall–Kier alpha value is -1.11. The summed E-state index contributed by atoms with van der Waals surface area (Å²) in [4.78, 5) is 24.7. The molecule has 6 nitrogen and oxygen atoms in total. The third-order valence-corrected chi connectivity index (χ3v) is 5.16. The zero-order chi connectivity index (χ0) is 14.1. The number of nitrogens with one attached hydrogen (secondary N) is 1. The first-order valence-electron chi connectivity index (χ1n) is 5.88. The molecule has 0 aromatic heterocycles. The van der Waals surface area contributed by atoms with Crippen LogP contribution in [0.25, 0.3) is 0 Å². The highest BCUT2D eigenvalue weighted by Gasteiger charge is 2.39. The second-order valence-electron chi connectivity index (χ2n) is 5.32. The van der Waals surface area contributed by atoms with Gasteiger partial charge in [0.05, 0.1) is 17.5 Å². The fourth-order valence-electron chi connectivity index (χ4n) is 1.74. The predicted octanol–water partition coefficient (Wildman–Crippen LogP) is -0.453. The van der Waals surface area contributed by atoms with E-state index in [-0.39, 0.29) is 30.7 Å². The maximum atomic E-state index is 12.0. The van der Waals surface area contributed by atoms with Crippen LogP contribution in [0, 0.1) is 0 Å².